The molecule has 258 valence electrons. The van der Waals surface area contributed by atoms with Gasteiger partial charge in [-0.25, -0.2) is 4.79 Å². The minimum Gasteiger partial charge on any atom is -0.489 e. The largest absolute Gasteiger partial charge is 0.508 e. The first-order valence-electron chi connectivity index (χ1n) is 18.1. The maximum atomic E-state index is 13.0. The first-order chi connectivity index (χ1) is 23.7. The highest BCUT2D eigenvalue weighted by Gasteiger charge is 2.59. The number of aliphatic imine (C=N–C) groups is 1. The van der Waals surface area contributed by atoms with Crippen molar-refractivity contribution >= 4 is 33.8 Å². The molecule has 7 atom stereocenters. The Hall–Kier alpha value is -3.72. The van der Waals surface area contributed by atoms with Gasteiger partial charge in [0, 0.05) is 34.5 Å². The molecule has 5 aliphatic carbocycles. The van der Waals surface area contributed by atoms with Crippen molar-refractivity contribution in [3.63, 3.8) is 0 Å². The van der Waals surface area contributed by atoms with Crippen molar-refractivity contribution in [3.8, 4) is 5.75 Å². The van der Waals surface area contributed by atoms with E-state index in [-0.39, 0.29) is 35.4 Å². The lowest BCUT2D eigenvalue weighted by Gasteiger charge is -2.60. The van der Waals surface area contributed by atoms with Crippen molar-refractivity contribution in [1.29, 1.82) is 0 Å². The van der Waals surface area contributed by atoms with Gasteiger partial charge in [0.25, 0.3) is 0 Å². The number of rotatable bonds is 8. The lowest BCUT2D eigenvalue weighted by Crippen LogP contribution is -2.54. The molecule has 0 amide bonds. The zero-order valence-electron chi connectivity index (χ0n) is 28.5. The molecule has 1 aromatic heterocycles. The summed E-state index contributed by atoms with van der Waals surface area (Å²) < 4.78 is 18.7. The van der Waals surface area contributed by atoms with Crippen molar-refractivity contribution in [2.45, 2.75) is 90.8 Å². The number of hydrogen-bond donors (Lipinski definition) is 0. The summed E-state index contributed by atoms with van der Waals surface area (Å²) >= 11 is 1.57. The molecular formula is C40H46N2O6S. The number of hydrogen-bond acceptors (Lipinski definition) is 8. The van der Waals surface area contributed by atoms with Crippen molar-refractivity contribution < 1.29 is 23.9 Å². The Morgan fingerprint density at radius 2 is 1.96 bits per heavy atom. The second kappa shape index (κ2) is 12.9. The molecule has 2 heterocycles. The Morgan fingerprint density at radius 3 is 2.78 bits per heavy atom. The van der Waals surface area contributed by atoms with Gasteiger partial charge in [0.1, 0.15) is 25.1 Å². The van der Waals surface area contributed by atoms with Crippen LogP contribution in [0.5, 0.6) is 5.75 Å². The fraction of sp³-hybridized carbons (Fsp3) is 0.550. The van der Waals surface area contributed by atoms with Gasteiger partial charge in [-0.15, -0.1) is 11.3 Å². The molecule has 9 heteroatoms. The van der Waals surface area contributed by atoms with Crippen LogP contribution in [0.3, 0.4) is 0 Å². The lowest BCUT2D eigenvalue weighted by molar-refractivity contribution is -0.426. The first kappa shape index (κ1) is 32.5. The van der Waals surface area contributed by atoms with Gasteiger partial charge in [-0.2, -0.15) is 0 Å². The molecule has 0 radical (unpaired) electrons. The van der Waals surface area contributed by atoms with Crippen LogP contribution < -0.4 is 4.74 Å². The fourth-order valence-corrected chi connectivity index (χ4v) is 11.5. The molecule has 6 aliphatic rings. The van der Waals surface area contributed by atoms with Gasteiger partial charge in [-0.3, -0.25) is 15.1 Å². The number of carbonyl (C=O) groups is 1. The molecule has 0 N–H and O–H groups in total. The number of benzene rings is 1. The molecule has 3 fully saturated rings. The van der Waals surface area contributed by atoms with Crippen LogP contribution in [0.2, 0.25) is 0 Å². The SMILES string of the molecule is CC12CCC3C(CCC4CC(OC(=O)OCc5ccc(OCC6=CC=C([N+](=O)[O-])C6)c6ccsc56)CCC43C)C1CC=C2C1=CCCN=C1. The average molecular weight is 683 g/mol. The van der Waals surface area contributed by atoms with E-state index in [9.17, 15) is 14.9 Å². The third-order valence-electron chi connectivity index (χ3n) is 13.2. The predicted molar refractivity (Wildman–Crippen MR) is 191 cm³/mol. The van der Waals surface area contributed by atoms with E-state index >= 15 is 0 Å². The van der Waals surface area contributed by atoms with Crippen molar-refractivity contribution in [3.05, 3.63) is 86.0 Å². The van der Waals surface area contributed by atoms with Crippen molar-refractivity contribution in [2.75, 3.05) is 13.2 Å². The smallest absolute Gasteiger partial charge is 0.489 e. The van der Waals surface area contributed by atoms with E-state index < -0.39 is 6.16 Å². The number of fused-ring (bicyclic) bond motifs is 6. The molecule has 3 saturated carbocycles. The van der Waals surface area contributed by atoms with E-state index in [0.717, 1.165) is 71.2 Å². The van der Waals surface area contributed by atoms with E-state index in [1.165, 1.54) is 43.8 Å². The van der Waals surface area contributed by atoms with E-state index in [1.807, 2.05) is 23.6 Å². The van der Waals surface area contributed by atoms with Gasteiger partial charge in [0.05, 0.1) is 11.3 Å². The number of carbonyl (C=O) groups excluding carboxylic acids is 1. The van der Waals surface area contributed by atoms with Crippen LogP contribution in [0.1, 0.15) is 83.6 Å². The molecule has 7 unspecified atom stereocenters. The molecule has 0 saturated heterocycles. The van der Waals surface area contributed by atoms with Crippen molar-refractivity contribution in [1.82, 2.24) is 0 Å². The summed E-state index contributed by atoms with van der Waals surface area (Å²) in [5.41, 5.74) is 5.47. The van der Waals surface area contributed by atoms with E-state index in [2.05, 4.69) is 37.2 Å². The summed E-state index contributed by atoms with van der Waals surface area (Å²) in [6, 6.07) is 5.80. The summed E-state index contributed by atoms with van der Waals surface area (Å²) in [6.07, 6.45) is 20.2. The molecule has 0 bridgehead atoms. The minimum absolute atomic E-state index is 0.0963. The summed E-state index contributed by atoms with van der Waals surface area (Å²) in [4.78, 5) is 28.3. The second-order valence-electron chi connectivity index (χ2n) is 15.6. The van der Waals surface area contributed by atoms with E-state index in [1.54, 1.807) is 23.0 Å². The Bertz CT molecular complexity index is 1820. The van der Waals surface area contributed by atoms with Crippen LogP contribution in [0.25, 0.3) is 10.1 Å². The quantitative estimate of drug-likeness (QED) is 0.156. The highest BCUT2D eigenvalue weighted by molar-refractivity contribution is 7.17. The third kappa shape index (κ3) is 5.85. The molecule has 1 aliphatic heterocycles. The first-order valence-corrected chi connectivity index (χ1v) is 19.0. The molecule has 8 nitrogen and oxygen atoms in total. The summed E-state index contributed by atoms with van der Waals surface area (Å²) in [5, 5.41) is 14.0. The number of nitro groups is 1. The number of allylic oxidation sites excluding steroid dienone is 6. The molecule has 1 aromatic carbocycles. The van der Waals surface area contributed by atoms with Crippen LogP contribution >= 0.6 is 11.3 Å². The van der Waals surface area contributed by atoms with Gasteiger partial charge in [-0.1, -0.05) is 38.1 Å². The second-order valence-corrected chi connectivity index (χ2v) is 16.5. The summed E-state index contributed by atoms with van der Waals surface area (Å²) in [7, 11) is 0. The fourth-order valence-electron chi connectivity index (χ4n) is 10.6. The summed E-state index contributed by atoms with van der Waals surface area (Å²) in [5.74, 6) is 3.51. The normalized spacial score (nSPS) is 33.4. The van der Waals surface area contributed by atoms with Crippen LogP contribution in [-0.2, 0) is 16.1 Å². The number of dihydropyridines is 1. The van der Waals surface area contributed by atoms with Gasteiger partial charge >= 0.3 is 6.16 Å². The Labute approximate surface area is 292 Å². The van der Waals surface area contributed by atoms with Crippen LogP contribution in [-0.4, -0.2) is 36.5 Å². The molecule has 2 aromatic rings. The maximum absolute atomic E-state index is 13.0. The standard InChI is InChI=1S/C40H46N2O6S/c1-39-16-13-30(21-28(39)7-9-31-34-11-10-33(26-4-3-18-41-22-26)40(34,2)17-14-35(31)39)48-38(43)47-24-27-6-12-36(32-15-19-49-37(27)32)46-23-25-5-8-29(20-25)42(44)45/h4-6,8,10,12,15,19,22,28,30-31,34-35H,3,7,9,11,13-14,16-18,20-21,23-24H2,1-2H3. The van der Waals surface area contributed by atoms with Gasteiger partial charge in [0.2, 0.25) is 5.70 Å². The van der Waals surface area contributed by atoms with E-state index in [0.29, 0.717) is 23.5 Å². The van der Waals surface area contributed by atoms with Crippen LogP contribution in [0, 0.1) is 44.6 Å². The predicted octanol–water partition coefficient (Wildman–Crippen LogP) is 9.77. The molecule has 0 spiro atoms. The number of thiophene rings is 1. The third-order valence-corrected chi connectivity index (χ3v) is 14.2. The molecule has 8 rings (SSSR count). The summed E-state index contributed by atoms with van der Waals surface area (Å²) in [6.45, 7) is 6.43. The Kier molecular flexibility index (Phi) is 8.53. The number of nitrogens with zero attached hydrogens (tertiary/aromatic N) is 2. The highest BCUT2D eigenvalue weighted by Crippen LogP contribution is 2.67. The number of ether oxygens (including phenoxy) is 3. The maximum Gasteiger partial charge on any atom is 0.508 e. The van der Waals surface area contributed by atoms with Crippen LogP contribution in [0.4, 0.5) is 4.79 Å². The highest BCUT2D eigenvalue weighted by atomic mass is 32.1. The zero-order valence-corrected chi connectivity index (χ0v) is 29.3. The van der Waals surface area contributed by atoms with Gasteiger partial charge in [0.15, 0.2) is 0 Å². The van der Waals surface area contributed by atoms with Crippen molar-refractivity contribution in [2.24, 2.45) is 39.5 Å². The average Bonchev–Trinajstić information content (AvgIpc) is 3.86. The minimum atomic E-state index is -0.590. The topological polar surface area (TPSA) is 100 Å². The lowest BCUT2D eigenvalue weighted by atomic mass is 9.44. The Morgan fingerprint density at radius 1 is 1.06 bits per heavy atom. The molecular weight excluding hydrogens is 637 g/mol. The Balaban J connectivity index is 0.848. The van der Waals surface area contributed by atoms with Crippen LogP contribution in [0.15, 0.2) is 75.3 Å². The molecule has 49 heavy (non-hydrogen) atoms. The zero-order chi connectivity index (χ0) is 33.8. The van der Waals surface area contributed by atoms with E-state index in [4.69, 9.17) is 14.2 Å². The monoisotopic (exact) mass is 682 g/mol. The van der Waals surface area contributed by atoms with Gasteiger partial charge < -0.3 is 14.2 Å². The van der Waals surface area contributed by atoms with Gasteiger partial charge in [-0.05, 0) is 127 Å².